The standard InChI is InChI=1S/C32H42N8O5/c1-18(33-5)28(41)39-26(32(2,3)4)31(44)40-14-8-9-24(40)30(43)38-23-15-21-22(16-25(23)45-7)35-17-36-27(21)37-20-12-10-19(11-13-20)29(42)34-6/h10-13,15-18,24,26,33H,8-9,14H2,1-7H3,(H,34,42)(H,38,43)(H,39,41)(H,35,36,37)/t18-,24-,26+/m0/s1. The number of carbonyl (C=O) groups excluding carboxylic acids is 4. The van der Waals surface area contributed by atoms with Gasteiger partial charge in [-0.25, -0.2) is 9.97 Å². The molecule has 0 saturated carbocycles. The molecule has 4 rings (SSSR count). The summed E-state index contributed by atoms with van der Waals surface area (Å²) >= 11 is 0. The van der Waals surface area contributed by atoms with E-state index in [-0.39, 0.29) is 23.6 Å². The first-order valence-corrected chi connectivity index (χ1v) is 14.9. The van der Waals surface area contributed by atoms with Gasteiger partial charge in [0.05, 0.1) is 24.4 Å². The lowest BCUT2D eigenvalue weighted by atomic mass is 9.85. The number of nitrogens with one attached hydrogen (secondary N) is 5. The molecule has 13 nitrogen and oxygen atoms in total. The molecular formula is C32H42N8O5. The molecule has 240 valence electrons. The quantitative estimate of drug-likeness (QED) is 0.230. The Morgan fingerprint density at radius 2 is 1.76 bits per heavy atom. The molecule has 0 bridgehead atoms. The van der Waals surface area contributed by atoms with Crippen molar-refractivity contribution in [2.75, 3.05) is 38.4 Å². The van der Waals surface area contributed by atoms with E-state index in [9.17, 15) is 19.2 Å². The Bertz CT molecular complexity index is 1570. The van der Waals surface area contributed by atoms with E-state index in [0.29, 0.717) is 58.8 Å². The summed E-state index contributed by atoms with van der Waals surface area (Å²) < 4.78 is 5.59. The Labute approximate surface area is 262 Å². The summed E-state index contributed by atoms with van der Waals surface area (Å²) in [6.07, 6.45) is 2.55. The number of aromatic nitrogens is 2. The summed E-state index contributed by atoms with van der Waals surface area (Å²) in [7, 11) is 4.75. The highest BCUT2D eigenvalue weighted by molar-refractivity contribution is 6.03. The van der Waals surface area contributed by atoms with Crippen molar-refractivity contribution in [3.63, 3.8) is 0 Å². The van der Waals surface area contributed by atoms with Gasteiger partial charge in [-0.3, -0.25) is 19.2 Å². The summed E-state index contributed by atoms with van der Waals surface area (Å²) in [6, 6.07) is 8.34. The number of rotatable bonds is 10. The van der Waals surface area contributed by atoms with Crippen LogP contribution < -0.4 is 31.3 Å². The van der Waals surface area contributed by atoms with Crippen molar-refractivity contribution in [2.45, 2.75) is 58.7 Å². The minimum atomic E-state index is -0.819. The molecule has 2 heterocycles. The molecule has 1 saturated heterocycles. The molecule has 13 heteroatoms. The molecule has 3 aromatic rings. The lowest BCUT2D eigenvalue weighted by Gasteiger charge is -2.36. The maximum atomic E-state index is 13.8. The minimum absolute atomic E-state index is 0.189. The number of likely N-dealkylation sites (N-methyl/N-ethyl adjacent to an activating group) is 1. The largest absolute Gasteiger partial charge is 0.494 e. The van der Waals surface area contributed by atoms with Gasteiger partial charge >= 0.3 is 0 Å². The molecule has 1 aliphatic rings. The SMILES string of the molecule is CNC(=O)c1ccc(Nc2ncnc3cc(OC)c(NC(=O)[C@@H]4CCCN4C(=O)[C@@H](NC(=O)[C@H](C)NC)C(C)(C)C)cc23)cc1. The Morgan fingerprint density at radius 1 is 1.04 bits per heavy atom. The third-order valence-electron chi connectivity index (χ3n) is 7.92. The predicted octanol–water partition coefficient (Wildman–Crippen LogP) is 2.81. The number of benzene rings is 2. The van der Waals surface area contributed by atoms with E-state index in [0.717, 1.165) is 0 Å². The molecule has 2 aromatic carbocycles. The lowest BCUT2D eigenvalue weighted by molar-refractivity contribution is -0.143. The Balaban J connectivity index is 1.59. The molecule has 1 fully saturated rings. The second-order valence-corrected chi connectivity index (χ2v) is 12.1. The van der Waals surface area contributed by atoms with E-state index >= 15 is 0 Å². The third kappa shape index (κ3) is 7.48. The van der Waals surface area contributed by atoms with Crippen molar-refractivity contribution in [3.8, 4) is 5.75 Å². The molecule has 1 aromatic heterocycles. The topological polar surface area (TPSA) is 167 Å². The van der Waals surface area contributed by atoms with Crippen LogP contribution in [0.25, 0.3) is 10.9 Å². The van der Waals surface area contributed by atoms with Crippen molar-refractivity contribution < 1.29 is 23.9 Å². The van der Waals surface area contributed by atoms with Crippen LogP contribution in [0, 0.1) is 5.41 Å². The fraction of sp³-hybridized carbons (Fsp3) is 0.438. The molecule has 0 radical (unpaired) electrons. The number of anilines is 3. The number of hydrogen-bond acceptors (Lipinski definition) is 9. The van der Waals surface area contributed by atoms with Crippen molar-refractivity contribution in [1.82, 2.24) is 30.8 Å². The van der Waals surface area contributed by atoms with E-state index in [2.05, 4.69) is 36.6 Å². The van der Waals surface area contributed by atoms with E-state index < -0.39 is 23.5 Å². The normalized spacial score (nSPS) is 16.1. The van der Waals surface area contributed by atoms with Crippen LogP contribution in [0.3, 0.4) is 0 Å². The molecular weight excluding hydrogens is 576 g/mol. The van der Waals surface area contributed by atoms with Gasteiger partial charge in [-0.1, -0.05) is 20.8 Å². The van der Waals surface area contributed by atoms with Gasteiger partial charge < -0.3 is 36.2 Å². The van der Waals surface area contributed by atoms with Crippen LogP contribution in [0.1, 0.15) is 50.9 Å². The second kappa shape index (κ2) is 13.9. The van der Waals surface area contributed by atoms with Crippen molar-refractivity contribution in [3.05, 3.63) is 48.3 Å². The monoisotopic (exact) mass is 618 g/mol. The van der Waals surface area contributed by atoms with Gasteiger partial charge in [0.1, 0.15) is 30.0 Å². The minimum Gasteiger partial charge on any atom is -0.494 e. The van der Waals surface area contributed by atoms with Crippen LogP contribution >= 0.6 is 0 Å². The van der Waals surface area contributed by atoms with Crippen molar-refractivity contribution in [1.29, 1.82) is 0 Å². The van der Waals surface area contributed by atoms with Gasteiger partial charge in [-0.15, -0.1) is 0 Å². The first-order chi connectivity index (χ1) is 21.4. The average molecular weight is 619 g/mol. The molecule has 3 atom stereocenters. The molecule has 0 spiro atoms. The Kier molecular flexibility index (Phi) is 10.2. The molecule has 5 N–H and O–H groups in total. The first kappa shape index (κ1) is 33.1. The lowest BCUT2D eigenvalue weighted by Crippen LogP contribution is -2.59. The van der Waals surface area contributed by atoms with Crippen molar-refractivity contribution in [2.24, 2.45) is 5.41 Å². The molecule has 45 heavy (non-hydrogen) atoms. The maximum Gasteiger partial charge on any atom is 0.251 e. The number of amides is 4. The zero-order chi connectivity index (χ0) is 32.9. The first-order valence-electron chi connectivity index (χ1n) is 14.9. The predicted molar refractivity (Wildman–Crippen MR) is 172 cm³/mol. The van der Waals surface area contributed by atoms with Gasteiger partial charge in [0, 0.05) is 36.3 Å². The van der Waals surface area contributed by atoms with Crippen LogP contribution in [-0.2, 0) is 14.4 Å². The number of likely N-dealkylation sites (tertiary alicyclic amines) is 1. The fourth-order valence-electron chi connectivity index (χ4n) is 5.17. The highest BCUT2D eigenvalue weighted by atomic mass is 16.5. The van der Waals surface area contributed by atoms with E-state index in [1.165, 1.54) is 13.4 Å². The Morgan fingerprint density at radius 3 is 2.38 bits per heavy atom. The van der Waals surface area contributed by atoms with Gasteiger partial charge in [-0.05, 0) is 62.6 Å². The van der Waals surface area contributed by atoms with E-state index in [4.69, 9.17) is 4.74 Å². The van der Waals surface area contributed by atoms with Crippen LogP contribution in [-0.4, -0.2) is 84.4 Å². The molecule has 1 aliphatic heterocycles. The number of fused-ring (bicyclic) bond motifs is 1. The van der Waals surface area contributed by atoms with E-state index in [1.54, 1.807) is 62.3 Å². The zero-order valence-electron chi connectivity index (χ0n) is 26.8. The van der Waals surface area contributed by atoms with E-state index in [1.807, 2.05) is 20.8 Å². The summed E-state index contributed by atoms with van der Waals surface area (Å²) in [4.78, 5) is 62.5. The zero-order valence-corrected chi connectivity index (χ0v) is 26.8. The number of hydrogen-bond donors (Lipinski definition) is 5. The van der Waals surface area contributed by atoms with Gasteiger partial charge in [0.15, 0.2) is 0 Å². The second-order valence-electron chi connectivity index (χ2n) is 12.1. The van der Waals surface area contributed by atoms with Crippen molar-refractivity contribution >= 4 is 51.7 Å². The fourth-order valence-corrected chi connectivity index (χ4v) is 5.17. The maximum absolute atomic E-state index is 13.8. The highest BCUT2D eigenvalue weighted by Gasteiger charge is 2.42. The summed E-state index contributed by atoms with van der Waals surface area (Å²) in [6.45, 7) is 7.77. The van der Waals surface area contributed by atoms with Gasteiger partial charge in [0.2, 0.25) is 17.7 Å². The molecule has 0 aliphatic carbocycles. The van der Waals surface area contributed by atoms with Crippen LogP contribution in [0.5, 0.6) is 5.75 Å². The highest BCUT2D eigenvalue weighted by Crippen LogP contribution is 2.34. The number of methoxy groups -OCH3 is 1. The number of ether oxygens (including phenoxy) is 1. The molecule has 4 amide bonds. The van der Waals surface area contributed by atoms with Gasteiger partial charge in [-0.2, -0.15) is 0 Å². The third-order valence-corrected chi connectivity index (χ3v) is 7.92. The van der Waals surface area contributed by atoms with Crippen LogP contribution in [0.4, 0.5) is 17.2 Å². The summed E-state index contributed by atoms with van der Waals surface area (Å²) in [5.41, 5.74) is 1.62. The number of nitrogens with zero attached hydrogens (tertiary/aromatic N) is 3. The Hall–Kier alpha value is -4.78. The van der Waals surface area contributed by atoms with Gasteiger partial charge in [0.25, 0.3) is 5.91 Å². The average Bonchev–Trinajstić information content (AvgIpc) is 3.52. The summed E-state index contributed by atoms with van der Waals surface area (Å²) in [5, 5.41) is 15.2. The molecule has 0 unspecified atom stereocenters. The van der Waals surface area contributed by atoms with Crippen LogP contribution in [0.15, 0.2) is 42.7 Å². The summed E-state index contributed by atoms with van der Waals surface area (Å²) in [5.74, 6) is -0.260. The van der Waals surface area contributed by atoms with Crippen LogP contribution in [0.2, 0.25) is 0 Å². The number of carbonyl (C=O) groups is 4. The smallest absolute Gasteiger partial charge is 0.251 e.